The van der Waals surface area contributed by atoms with Crippen molar-refractivity contribution in [3.8, 4) is 0 Å². The Morgan fingerprint density at radius 1 is 1.50 bits per heavy atom. The summed E-state index contributed by atoms with van der Waals surface area (Å²) in [5.41, 5.74) is 2.41. The highest BCUT2D eigenvalue weighted by molar-refractivity contribution is 6.18. The highest BCUT2D eigenvalue weighted by Crippen LogP contribution is 2.38. The summed E-state index contributed by atoms with van der Waals surface area (Å²) in [7, 11) is 0. The molecule has 0 radical (unpaired) electrons. The summed E-state index contributed by atoms with van der Waals surface area (Å²) < 4.78 is 0. The summed E-state index contributed by atoms with van der Waals surface area (Å²) in [5, 5.41) is 0. The highest BCUT2D eigenvalue weighted by atomic mass is 35.5. The van der Waals surface area contributed by atoms with Crippen molar-refractivity contribution in [2.24, 2.45) is 5.92 Å². The summed E-state index contributed by atoms with van der Waals surface area (Å²) in [6.45, 7) is 3.96. The standard InChI is InChI=1S/C12H14ClN/c1-10-3-4-12(11-5-6-11)9-14(10)8-2-7-13/h2-4,8-9,11H,1,5-7H2/b8-2+. The van der Waals surface area contributed by atoms with Crippen molar-refractivity contribution in [1.82, 2.24) is 4.90 Å². The zero-order valence-electron chi connectivity index (χ0n) is 8.12. The first-order valence-corrected chi connectivity index (χ1v) is 5.44. The Morgan fingerprint density at radius 3 is 2.93 bits per heavy atom. The number of alkyl halides is 1. The van der Waals surface area contributed by atoms with E-state index in [0.717, 1.165) is 11.6 Å². The van der Waals surface area contributed by atoms with Crippen LogP contribution in [0.1, 0.15) is 12.8 Å². The number of nitrogens with zero attached hydrogens (tertiary/aromatic N) is 1. The van der Waals surface area contributed by atoms with Crippen molar-refractivity contribution >= 4 is 11.6 Å². The first-order chi connectivity index (χ1) is 6.81. The second kappa shape index (κ2) is 4.05. The largest absolute Gasteiger partial charge is 0.324 e. The number of hydrogen-bond acceptors (Lipinski definition) is 1. The molecule has 0 amide bonds. The lowest BCUT2D eigenvalue weighted by molar-refractivity contribution is 0.634. The van der Waals surface area contributed by atoms with Gasteiger partial charge in [0.05, 0.1) is 0 Å². The molecule has 14 heavy (non-hydrogen) atoms. The third kappa shape index (κ3) is 2.10. The molecule has 0 spiro atoms. The summed E-state index contributed by atoms with van der Waals surface area (Å²) in [5.74, 6) is 1.33. The Kier molecular flexibility index (Phi) is 2.78. The fourth-order valence-corrected chi connectivity index (χ4v) is 1.60. The van der Waals surface area contributed by atoms with Gasteiger partial charge in [0.2, 0.25) is 0 Å². The van der Waals surface area contributed by atoms with E-state index < -0.39 is 0 Å². The van der Waals surface area contributed by atoms with Crippen LogP contribution >= 0.6 is 11.6 Å². The van der Waals surface area contributed by atoms with Gasteiger partial charge in [0.1, 0.15) is 0 Å². The molecule has 0 aromatic carbocycles. The maximum Gasteiger partial charge on any atom is 0.0421 e. The van der Waals surface area contributed by atoms with Crippen molar-refractivity contribution in [3.05, 3.63) is 48.5 Å². The number of hydrogen-bond donors (Lipinski definition) is 0. The Morgan fingerprint density at radius 2 is 2.29 bits per heavy atom. The molecule has 1 aliphatic heterocycles. The molecule has 1 nitrogen and oxygen atoms in total. The van der Waals surface area contributed by atoms with Crippen molar-refractivity contribution in [1.29, 1.82) is 0 Å². The van der Waals surface area contributed by atoms with Crippen molar-refractivity contribution in [2.45, 2.75) is 12.8 Å². The molecule has 0 N–H and O–H groups in total. The summed E-state index contributed by atoms with van der Waals surface area (Å²) >= 11 is 5.60. The second-order valence-electron chi connectivity index (χ2n) is 3.67. The number of rotatable bonds is 3. The minimum Gasteiger partial charge on any atom is -0.324 e. The first kappa shape index (κ1) is 9.60. The van der Waals surface area contributed by atoms with E-state index in [1.165, 1.54) is 18.4 Å². The Hall–Kier alpha value is -0.950. The van der Waals surface area contributed by atoms with Crippen LogP contribution in [0, 0.1) is 5.92 Å². The molecule has 2 heteroatoms. The molecular weight excluding hydrogens is 194 g/mol. The summed E-state index contributed by atoms with van der Waals surface area (Å²) in [4.78, 5) is 2.04. The SMILES string of the molecule is C=C1C=CC(C2CC2)=CN1/C=C/CCl. The third-order valence-electron chi connectivity index (χ3n) is 2.49. The zero-order chi connectivity index (χ0) is 9.97. The van der Waals surface area contributed by atoms with Crippen molar-refractivity contribution in [2.75, 3.05) is 5.88 Å². The predicted octanol–water partition coefficient (Wildman–Crippen LogP) is 3.42. The summed E-state index contributed by atoms with van der Waals surface area (Å²) in [6.07, 6.45) is 12.9. The van der Waals surface area contributed by atoms with Crippen molar-refractivity contribution in [3.63, 3.8) is 0 Å². The number of halogens is 1. The van der Waals surface area contributed by atoms with Gasteiger partial charge in [0.25, 0.3) is 0 Å². The Bertz CT molecular complexity index is 321. The lowest BCUT2D eigenvalue weighted by Gasteiger charge is -2.21. The fraction of sp³-hybridized carbons (Fsp3) is 0.333. The Balaban J connectivity index is 2.10. The summed E-state index contributed by atoms with van der Waals surface area (Å²) in [6, 6.07) is 0. The van der Waals surface area contributed by atoms with E-state index in [2.05, 4.69) is 24.9 Å². The topological polar surface area (TPSA) is 3.24 Å². The van der Waals surface area contributed by atoms with E-state index in [-0.39, 0.29) is 0 Å². The monoisotopic (exact) mass is 207 g/mol. The fourth-order valence-electron chi connectivity index (χ4n) is 1.52. The molecule has 74 valence electrons. The van der Waals surface area contributed by atoms with E-state index >= 15 is 0 Å². The van der Waals surface area contributed by atoms with Crippen molar-refractivity contribution < 1.29 is 0 Å². The van der Waals surface area contributed by atoms with Gasteiger partial charge in [-0.15, -0.1) is 11.6 Å². The van der Waals surface area contributed by atoms with Gasteiger partial charge in [-0.1, -0.05) is 18.7 Å². The van der Waals surface area contributed by atoms with Crippen LogP contribution in [0.25, 0.3) is 0 Å². The average Bonchev–Trinajstić information content (AvgIpc) is 3.00. The average molecular weight is 208 g/mol. The van der Waals surface area contributed by atoms with Crippen LogP contribution in [0.4, 0.5) is 0 Å². The van der Waals surface area contributed by atoms with Crippen LogP contribution in [0.2, 0.25) is 0 Å². The minimum atomic E-state index is 0.542. The molecular formula is C12H14ClN. The number of allylic oxidation sites excluding steroid dienone is 4. The molecule has 0 aromatic heterocycles. The molecule has 1 aliphatic carbocycles. The van der Waals surface area contributed by atoms with E-state index in [1.54, 1.807) is 0 Å². The molecule has 0 unspecified atom stereocenters. The predicted molar refractivity (Wildman–Crippen MR) is 60.8 cm³/mol. The minimum absolute atomic E-state index is 0.542. The van der Waals surface area contributed by atoms with Crippen LogP contribution < -0.4 is 0 Å². The Labute approximate surface area is 90.0 Å². The van der Waals surface area contributed by atoms with E-state index in [1.807, 2.05) is 17.2 Å². The van der Waals surface area contributed by atoms with Gasteiger partial charge in [0.15, 0.2) is 0 Å². The van der Waals surface area contributed by atoms with Crippen LogP contribution in [-0.2, 0) is 0 Å². The molecule has 1 saturated carbocycles. The second-order valence-corrected chi connectivity index (χ2v) is 3.98. The maximum atomic E-state index is 5.60. The van der Waals surface area contributed by atoms with E-state index in [4.69, 9.17) is 11.6 Å². The van der Waals surface area contributed by atoms with Gasteiger partial charge in [-0.2, -0.15) is 0 Å². The molecule has 0 bridgehead atoms. The van der Waals surface area contributed by atoms with Gasteiger partial charge in [-0.3, -0.25) is 0 Å². The molecule has 0 saturated heterocycles. The molecule has 2 rings (SSSR count). The quantitative estimate of drug-likeness (QED) is 0.641. The van der Waals surface area contributed by atoms with Gasteiger partial charge in [-0.25, -0.2) is 0 Å². The molecule has 1 heterocycles. The highest BCUT2D eigenvalue weighted by Gasteiger charge is 2.26. The van der Waals surface area contributed by atoms with E-state index in [9.17, 15) is 0 Å². The molecule has 1 fully saturated rings. The van der Waals surface area contributed by atoms with Crippen LogP contribution in [0.15, 0.2) is 48.5 Å². The van der Waals surface area contributed by atoms with Gasteiger partial charge in [-0.05, 0) is 30.4 Å². The molecule has 0 atom stereocenters. The maximum absolute atomic E-state index is 5.60. The molecule has 2 aliphatic rings. The lowest BCUT2D eigenvalue weighted by atomic mass is 10.1. The smallest absolute Gasteiger partial charge is 0.0421 e. The third-order valence-corrected chi connectivity index (χ3v) is 2.67. The zero-order valence-corrected chi connectivity index (χ0v) is 8.87. The van der Waals surface area contributed by atoms with Gasteiger partial charge in [0, 0.05) is 24.0 Å². The molecule has 0 aromatic rings. The van der Waals surface area contributed by atoms with Gasteiger partial charge >= 0.3 is 0 Å². The first-order valence-electron chi connectivity index (χ1n) is 4.91. The van der Waals surface area contributed by atoms with Gasteiger partial charge < -0.3 is 4.90 Å². The van der Waals surface area contributed by atoms with Crippen LogP contribution in [-0.4, -0.2) is 10.8 Å². The normalized spacial score (nSPS) is 21.9. The lowest BCUT2D eigenvalue weighted by Crippen LogP contribution is -2.11. The van der Waals surface area contributed by atoms with E-state index in [0.29, 0.717) is 5.88 Å². The van der Waals surface area contributed by atoms with Crippen LogP contribution in [0.5, 0.6) is 0 Å². The van der Waals surface area contributed by atoms with Crippen LogP contribution in [0.3, 0.4) is 0 Å².